The van der Waals surface area contributed by atoms with E-state index in [1.807, 2.05) is 0 Å². The van der Waals surface area contributed by atoms with Gasteiger partial charge in [0.25, 0.3) is 0 Å². The monoisotopic (exact) mass is 329 g/mol. The summed E-state index contributed by atoms with van der Waals surface area (Å²) in [7, 11) is 0. The fourth-order valence-corrected chi connectivity index (χ4v) is 2.76. The summed E-state index contributed by atoms with van der Waals surface area (Å²) in [5.41, 5.74) is 0. The molecule has 0 radical (unpaired) electrons. The van der Waals surface area contributed by atoms with E-state index in [2.05, 4.69) is 12.2 Å². The standard InChI is InChI=1S/C19H39NO3/c1-2-3-4-5-6-7-8-9-10-11-12-13-14-15-18(22)20-19(23)16-17-21/h19,21,23H,2-17H2,1H3,(H,20,22). The van der Waals surface area contributed by atoms with Crippen LogP contribution in [0.4, 0.5) is 0 Å². The first-order chi connectivity index (χ1) is 11.2. The van der Waals surface area contributed by atoms with Gasteiger partial charge >= 0.3 is 0 Å². The molecule has 23 heavy (non-hydrogen) atoms. The van der Waals surface area contributed by atoms with Crippen molar-refractivity contribution in [2.75, 3.05) is 6.61 Å². The summed E-state index contributed by atoms with van der Waals surface area (Å²) in [6, 6.07) is 0. The zero-order chi connectivity index (χ0) is 17.2. The van der Waals surface area contributed by atoms with Crippen molar-refractivity contribution in [3.63, 3.8) is 0 Å². The van der Waals surface area contributed by atoms with E-state index in [0.717, 1.165) is 12.8 Å². The van der Waals surface area contributed by atoms with Gasteiger partial charge in [0.05, 0.1) is 0 Å². The SMILES string of the molecule is CCCCCCCCCCCCCCCC(=O)NC(O)CCO. The largest absolute Gasteiger partial charge is 0.396 e. The maximum Gasteiger partial charge on any atom is 0.221 e. The molecule has 1 atom stereocenters. The van der Waals surface area contributed by atoms with E-state index in [-0.39, 0.29) is 18.9 Å². The normalized spacial score (nSPS) is 12.3. The lowest BCUT2D eigenvalue weighted by molar-refractivity contribution is -0.124. The molecule has 0 aromatic heterocycles. The van der Waals surface area contributed by atoms with E-state index in [0.29, 0.717) is 6.42 Å². The van der Waals surface area contributed by atoms with Crippen LogP contribution in [0.2, 0.25) is 0 Å². The second-order valence-electron chi connectivity index (χ2n) is 6.59. The van der Waals surface area contributed by atoms with Crippen LogP contribution in [0.25, 0.3) is 0 Å². The van der Waals surface area contributed by atoms with E-state index in [1.54, 1.807) is 0 Å². The van der Waals surface area contributed by atoms with Crippen molar-refractivity contribution in [1.82, 2.24) is 5.32 Å². The summed E-state index contributed by atoms with van der Waals surface area (Å²) in [5.74, 6) is -0.117. The van der Waals surface area contributed by atoms with E-state index >= 15 is 0 Å². The van der Waals surface area contributed by atoms with Crippen molar-refractivity contribution in [2.24, 2.45) is 0 Å². The highest BCUT2D eigenvalue weighted by atomic mass is 16.3. The molecule has 0 bridgehead atoms. The minimum absolute atomic E-state index is 0.111. The maximum absolute atomic E-state index is 11.5. The lowest BCUT2D eigenvalue weighted by Gasteiger charge is -2.11. The molecule has 0 aliphatic rings. The van der Waals surface area contributed by atoms with Crippen molar-refractivity contribution in [1.29, 1.82) is 0 Å². The van der Waals surface area contributed by atoms with E-state index < -0.39 is 6.23 Å². The summed E-state index contributed by atoms with van der Waals surface area (Å²) in [6.07, 6.45) is 16.5. The summed E-state index contributed by atoms with van der Waals surface area (Å²) >= 11 is 0. The zero-order valence-corrected chi connectivity index (χ0v) is 15.2. The number of carbonyl (C=O) groups is 1. The predicted octanol–water partition coefficient (Wildman–Crippen LogP) is 4.28. The molecule has 0 heterocycles. The van der Waals surface area contributed by atoms with Gasteiger partial charge < -0.3 is 15.5 Å². The highest BCUT2D eigenvalue weighted by Crippen LogP contribution is 2.12. The number of aliphatic hydroxyl groups excluding tert-OH is 2. The van der Waals surface area contributed by atoms with Gasteiger partial charge in [-0.25, -0.2) is 0 Å². The fraction of sp³-hybridized carbons (Fsp3) is 0.947. The Labute approximate surface area is 143 Å². The summed E-state index contributed by atoms with van der Waals surface area (Å²) < 4.78 is 0. The Kier molecular flexibility index (Phi) is 17.3. The third-order valence-electron chi connectivity index (χ3n) is 4.24. The second kappa shape index (κ2) is 17.7. The minimum Gasteiger partial charge on any atom is -0.396 e. The Morgan fingerprint density at radius 3 is 1.70 bits per heavy atom. The van der Waals surface area contributed by atoms with Crippen LogP contribution in [0.15, 0.2) is 0 Å². The number of hydrogen-bond acceptors (Lipinski definition) is 3. The second-order valence-corrected chi connectivity index (χ2v) is 6.59. The van der Waals surface area contributed by atoms with Crippen LogP contribution in [-0.2, 0) is 4.79 Å². The lowest BCUT2D eigenvalue weighted by atomic mass is 10.0. The summed E-state index contributed by atoms with van der Waals surface area (Å²) in [4.78, 5) is 11.5. The van der Waals surface area contributed by atoms with Gasteiger partial charge in [0, 0.05) is 19.4 Å². The van der Waals surface area contributed by atoms with Crippen LogP contribution < -0.4 is 5.32 Å². The van der Waals surface area contributed by atoms with Crippen LogP contribution in [-0.4, -0.2) is 29.0 Å². The van der Waals surface area contributed by atoms with Crippen molar-refractivity contribution in [3.05, 3.63) is 0 Å². The molecule has 0 saturated heterocycles. The van der Waals surface area contributed by atoms with Crippen LogP contribution >= 0.6 is 0 Å². The predicted molar refractivity (Wildman–Crippen MR) is 96.2 cm³/mol. The van der Waals surface area contributed by atoms with Crippen LogP contribution in [0, 0.1) is 0 Å². The molecule has 0 aromatic carbocycles. The molecule has 0 rings (SSSR count). The zero-order valence-electron chi connectivity index (χ0n) is 15.2. The number of rotatable bonds is 17. The minimum atomic E-state index is -0.908. The highest BCUT2D eigenvalue weighted by molar-refractivity contribution is 5.75. The number of nitrogens with one attached hydrogen (secondary N) is 1. The number of aliphatic hydroxyl groups is 2. The average Bonchev–Trinajstić information content (AvgIpc) is 2.52. The molecule has 138 valence electrons. The van der Waals surface area contributed by atoms with Gasteiger partial charge in [-0.05, 0) is 6.42 Å². The average molecular weight is 330 g/mol. The van der Waals surface area contributed by atoms with Crippen LogP contribution in [0.3, 0.4) is 0 Å². The first-order valence-corrected chi connectivity index (χ1v) is 9.79. The first kappa shape index (κ1) is 22.4. The van der Waals surface area contributed by atoms with Gasteiger partial charge in [-0.3, -0.25) is 4.79 Å². The molecule has 4 nitrogen and oxygen atoms in total. The summed E-state index contributed by atoms with van der Waals surface area (Å²) in [5, 5.41) is 20.4. The van der Waals surface area contributed by atoms with E-state index in [4.69, 9.17) is 5.11 Å². The molecule has 1 amide bonds. The first-order valence-electron chi connectivity index (χ1n) is 9.79. The Bertz CT molecular complexity index is 259. The Balaban J connectivity index is 3.17. The van der Waals surface area contributed by atoms with E-state index in [9.17, 15) is 9.90 Å². The van der Waals surface area contributed by atoms with Gasteiger partial charge in [0.15, 0.2) is 0 Å². The quantitative estimate of drug-likeness (QED) is 0.275. The fourth-order valence-electron chi connectivity index (χ4n) is 2.76. The molecular formula is C19H39NO3. The third-order valence-corrected chi connectivity index (χ3v) is 4.24. The van der Waals surface area contributed by atoms with Gasteiger partial charge in [-0.15, -0.1) is 0 Å². The summed E-state index contributed by atoms with van der Waals surface area (Å²) in [6.45, 7) is 2.15. The van der Waals surface area contributed by atoms with Gasteiger partial charge in [0.2, 0.25) is 5.91 Å². The number of hydrogen-bond donors (Lipinski definition) is 3. The van der Waals surface area contributed by atoms with Crippen LogP contribution in [0.1, 0.15) is 103 Å². The highest BCUT2D eigenvalue weighted by Gasteiger charge is 2.07. The number of unbranched alkanes of at least 4 members (excludes halogenated alkanes) is 12. The molecule has 0 fully saturated rings. The Morgan fingerprint density at radius 2 is 1.26 bits per heavy atom. The number of amides is 1. The molecule has 0 saturated carbocycles. The topological polar surface area (TPSA) is 69.6 Å². The van der Waals surface area contributed by atoms with Crippen molar-refractivity contribution in [3.8, 4) is 0 Å². The molecule has 1 unspecified atom stereocenters. The molecule has 3 N–H and O–H groups in total. The van der Waals surface area contributed by atoms with Gasteiger partial charge in [-0.2, -0.15) is 0 Å². The van der Waals surface area contributed by atoms with E-state index in [1.165, 1.54) is 70.6 Å². The smallest absolute Gasteiger partial charge is 0.221 e. The number of carbonyl (C=O) groups excluding carboxylic acids is 1. The molecule has 4 heteroatoms. The molecule has 0 aliphatic carbocycles. The van der Waals surface area contributed by atoms with Crippen molar-refractivity contribution in [2.45, 2.75) is 109 Å². The Hall–Kier alpha value is -0.610. The maximum atomic E-state index is 11.5. The van der Waals surface area contributed by atoms with Crippen molar-refractivity contribution < 1.29 is 15.0 Å². The van der Waals surface area contributed by atoms with Gasteiger partial charge in [-0.1, -0.05) is 84.0 Å². The van der Waals surface area contributed by atoms with Crippen molar-refractivity contribution >= 4 is 5.91 Å². The van der Waals surface area contributed by atoms with Crippen LogP contribution in [0.5, 0.6) is 0 Å². The molecule has 0 spiro atoms. The molecule has 0 aromatic rings. The van der Waals surface area contributed by atoms with Gasteiger partial charge in [0.1, 0.15) is 6.23 Å². The molecule has 0 aliphatic heterocycles. The molecular weight excluding hydrogens is 290 g/mol. The Morgan fingerprint density at radius 1 is 0.826 bits per heavy atom. The third kappa shape index (κ3) is 17.6. The lowest BCUT2D eigenvalue weighted by Crippen LogP contribution is -2.35.